The van der Waals surface area contributed by atoms with Crippen LogP contribution < -0.4 is 5.32 Å². The van der Waals surface area contributed by atoms with Gasteiger partial charge in [-0.15, -0.1) is 5.10 Å². The van der Waals surface area contributed by atoms with Crippen LogP contribution in [0.15, 0.2) is 29.4 Å². The Morgan fingerprint density at radius 3 is 2.90 bits per heavy atom. The van der Waals surface area contributed by atoms with E-state index in [9.17, 15) is 4.79 Å². The predicted molar refractivity (Wildman–Crippen MR) is 80.7 cm³/mol. The first kappa shape index (κ1) is 14.3. The van der Waals surface area contributed by atoms with E-state index in [0.717, 1.165) is 31.5 Å². The van der Waals surface area contributed by atoms with Crippen molar-refractivity contribution in [2.45, 2.75) is 29.7 Å². The number of halogens is 1. The van der Waals surface area contributed by atoms with Crippen LogP contribution in [0.2, 0.25) is 5.02 Å². The Morgan fingerprint density at radius 2 is 2.10 bits per heavy atom. The van der Waals surface area contributed by atoms with E-state index >= 15 is 0 Å². The van der Waals surface area contributed by atoms with E-state index in [1.54, 1.807) is 16.8 Å². The smallest absolute Gasteiger partial charge is 0.233 e. The number of nitrogens with zero attached hydrogens (tertiary/aromatic N) is 4. The topological polar surface area (TPSA) is 72.7 Å². The summed E-state index contributed by atoms with van der Waals surface area (Å²) in [6.45, 7) is 0.748. The van der Waals surface area contributed by atoms with Gasteiger partial charge in [-0.1, -0.05) is 29.8 Å². The van der Waals surface area contributed by atoms with Gasteiger partial charge in [-0.3, -0.25) is 4.79 Å². The van der Waals surface area contributed by atoms with Crippen LogP contribution >= 0.6 is 23.4 Å². The molecule has 2 aromatic rings. The number of aromatic nitrogens is 4. The molecule has 0 bridgehead atoms. The number of amides is 1. The van der Waals surface area contributed by atoms with Gasteiger partial charge in [0.25, 0.3) is 0 Å². The van der Waals surface area contributed by atoms with E-state index in [1.807, 2.05) is 12.1 Å². The second-order valence-corrected chi connectivity index (χ2v) is 6.35. The lowest BCUT2D eigenvalue weighted by Crippen LogP contribution is -2.30. The Balaban J connectivity index is 1.82. The molecular formula is C13H14ClN5OS. The lowest BCUT2D eigenvalue weighted by atomic mass is 10.2. The fourth-order valence-corrected chi connectivity index (χ4v) is 3.33. The molecule has 1 amide bonds. The fourth-order valence-electron chi connectivity index (χ4n) is 2.15. The monoisotopic (exact) mass is 323 g/mol. The Morgan fingerprint density at radius 1 is 1.29 bits per heavy atom. The van der Waals surface area contributed by atoms with Gasteiger partial charge in [0, 0.05) is 11.6 Å². The van der Waals surface area contributed by atoms with Gasteiger partial charge in [-0.05, 0) is 47.5 Å². The maximum atomic E-state index is 12.0. The molecular weight excluding hydrogens is 310 g/mol. The molecule has 1 N–H and O–H groups in total. The van der Waals surface area contributed by atoms with Crippen LogP contribution in [0, 0.1) is 0 Å². The summed E-state index contributed by atoms with van der Waals surface area (Å²) in [5.41, 5.74) is 0.820. The average molecular weight is 324 g/mol. The predicted octanol–water partition coefficient (Wildman–Crippen LogP) is 2.08. The molecule has 21 heavy (non-hydrogen) atoms. The Kier molecular flexibility index (Phi) is 4.40. The molecule has 0 saturated carbocycles. The summed E-state index contributed by atoms with van der Waals surface area (Å²) in [7, 11) is 0. The molecule has 3 rings (SSSR count). The van der Waals surface area contributed by atoms with E-state index in [4.69, 9.17) is 11.6 Å². The molecule has 2 heterocycles. The van der Waals surface area contributed by atoms with Gasteiger partial charge >= 0.3 is 0 Å². The first-order valence-corrected chi connectivity index (χ1v) is 7.98. The van der Waals surface area contributed by atoms with Gasteiger partial charge in [-0.25, -0.2) is 0 Å². The minimum Gasteiger partial charge on any atom is -0.355 e. The van der Waals surface area contributed by atoms with Crippen molar-refractivity contribution in [2.24, 2.45) is 0 Å². The van der Waals surface area contributed by atoms with Crippen molar-refractivity contribution >= 4 is 29.3 Å². The summed E-state index contributed by atoms with van der Waals surface area (Å²) >= 11 is 7.29. The largest absolute Gasteiger partial charge is 0.355 e. The maximum absolute atomic E-state index is 12.0. The average Bonchev–Trinajstić information content (AvgIpc) is 2.85. The minimum absolute atomic E-state index is 0.0585. The standard InChI is InChI=1S/C13H14ClN5OS/c14-9-4-6-10(7-5-9)19-13(16-17-18-19)21-11-3-1-2-8-15-12(11)20/h4-7,11H,1-3,8H2,(H,15,20). The third-order valence-corrected chi connectivity index (χ3v) is 4.70. The van der Waals surface area contributed by atoms with Crippen molar-refractivity contribution in [1.29, 1.82) is 0 Å². The molecule has 1 aromatic heterocycles. The summed E-state index contributed by atoms with van der Waals surface area (Å²) in [4.78, 5) is 12.0. The molecule has 0 aliphatic carbocycles. The van der Waals surface area contributed by atoms with Crippen molar-refractivity contribution in [2.75, 3.05) is 6.54 Å². The first-order valence-electron chi connectivity index (χ1n) is 6.73. The third kappa shape index (κ3) is 3.36. The maximum Gasteiger partial charge on any atom is 0.233 e. The van der Waals surface area contributed by atoms with Gasteiger partial charge in [0.05, 0.1) is 10.9 Å². The van der Waals surface area contributed by atoms with Gasteiger partial charge in [0.1, 0.15) is 0 Å². The number of benzene rings is 1. The van der Waals surface area contributed by atoms with Crippen LogP contribution in [-0.2, 0) is 4.79 Å². The van der Waals surface area contributed by atoms with E-state index in [0.29, 0.717) is 10.2 Å². The summed E-state index contributed by atoms with van der Waals surface area (Å²) in [5, 5.41) is 15.8. The molecule has 1 unspecified atom stereocenters. The number of rotatable bonds is 3. The molecule has 1 saturated heterocycles. The summed E-state index contributed by atoms with van der Waals surface area (Å²) in [6.07, 6.45) is 2.88. The number of nitrogens with one attached hydrogen (secondary N) is 1. The van der Waals surface area contributed by atoms with E-state index in [-0.39, 0.29) is 11.2 Å². The fraction of sp³-hybridized carbons (Fsp3) is 0.385. The van der Waals surface area contributed by atoms with Gasteiger partial charge < -0.3 is 5.32 Å². The first-order chi connectivity index (χ1) is 10.2. The number of carbonyl (C=O) groups excluding carboxylic acids is 1. The van der Waals surface area contributed by atoms with Crippen LogP contribution in [-0.4, -0.2) is 37.9 Å². The molecule has 0 radical (unpaired) electrons. The number of tetrazole rings is 1. The molecule has 1 atom stereocenters. The van der Waals surface area contributed by atoms with Gasteiger partial charge in [0.15, 0.2) is 0 Å². The van der Waals surface area contributed by atoms with Crippen molar-refractivity contribution < 1.29 is 4.79 Å². The zero-order valence-electron chi connectivity index (χ0n) is 11.2. The minimum atomic E-state index is -0.149. The van der Waals surface area contributed by atoms with Crippen molar-refractivity contribution in [3.63, 3.8) is 0 Å². The summed E-state index contributed by atoms with van der Waals surface area (Å²) in [6, 6.07) is 7.25. The van der Waals surface area contributed by atoms with Crippen molar-refractivity contribution in [3.05, 3.63) is 29.3 Å². The highest BCUT2D eigenvalue weighted by atomic mass is 35.5. The zero-order chi connectivity index (χ0) is 14.7. The van der Waals surface area contributed by atoms with Crippen LogP contribution in [0.3, 0.4) is 0 Å². The molecule has 1 fully saturated rings. The summed E-state index contributed by atoms with van der Waals surface area (Å²) < 4.78 is 1.62. The van der Waals surface area contributed by atoms with Crippen LogP contribution in [0.25, 0.3) is 5.69 Å². The second kappa shape index (κ2) is 6.44. The van der Waals surface area contributed by atoms with Crippen molar-refractivity contribution in [1.82, 2.24) is 25.5 Å². The summed E-state index contributed by atoms with van der Waals surface area (Å²) in [5.74, 6) is 0.0585. The Bertz CT molecular complexity index is 630. The Labute approximate surface area is 131 Å². The van der Waals surface area contributed by atoms with Gasteiger partial charge in [-0.2, -0.15) is 4.68 Å². The lowest BCUT2D eigenvalue weighted by Gasteiger charge is -2.12. The number of carbonyl (C=O) groups is 1. The molecule has 1 aliphatic heterocycles. The molecule has 1 aliphatic rings. The highest BCUT2D eigenvalue weighted by Gasteiger charge is 2.24. The van der Waals surface area contributed by atoms with Crippen LogP contribution in [0.5, 0.6) is 0 Å². The SMILES string of the molecule is O=C1NCCCCC1Sc1nnnn1-c1ccc(Cl)cc1. The molecule has 110 valence electrons. The lowest BCUT2D eigenvalue weighted by molar-refractivity contribution is -0.120. The normalized spacial score (nSPS) is 19.1. The van der Waals surface area contributed by atoms with E-state index in [2.05, 4.69) is 20.8 Å². The second-order valence-electron chi connectivity index (χ2n) is 4.74. The van der Waals surface area contributed by atoms with Crippen LogP contribution in [0.4, 0.5) is 0 Å². The van der Waals surface area contributed by atoms with Gasteiger partial charge in [0.2, 0.25) is 11.1 Å². The molecule has 0 spiro atoms. The molecule has 6 nitrogen and oxygen atoms in total. The van der Waals surface area contributed by atoms with Crippen LogP contribution in [0.1, 0.15) is 19.3 Å². The quantitative estimate of drug-likeness (QED) is 0.936. The van der Waals surface area contributed by atoms with Crippen molar-refractivity contribution in [3.8, 4) is 5.69 Å². The number of hydrogen-bond acceptors (Lipinski definition) is 5. The number of hydrogen-bond donors (Lipinski definition) is 1. The Hall–Kier alpha value is -1.60. The van der Waals surface area contributed by atoms with E-state index in [1.165, 1.54) is 11.8 Å². The zero-order valence-corrected chi connectivity index (χ0v) is 12.8. The number of thioether (sulfide) groups is 1. The van der Waals surface area contributed by atoms with E-state index < -0.39 is 0 Å². The third-order valence-electron chi connectivity index (χ3n) is 3.24. The highest BCUT2D eigenvalue weighted by Crippen LogP contribution is 2.27. The molecule has 1 aromatic carbocycles. The molecule has 8 heteroatoms. The highest BCUT2D eigenvalue weighted by molar-refractivity contribution is 8.00.